The number of hydrogen-bond donors (Lipinski definition) is 0. The number of rotatable bonds is 4. The molecule has 4 nitrogen and oxygen atoms in total. The van der Waals surface area contributed by atoms with E-state index >= 15 is 0 Å². The monoisotopic (exact) mass is 386 g/mol. The van der Waals surface area contributed by atoms with E-state index in [0.29, 0.717) is 5.56 Å². The molecule has 0 saturated heterocycles. The number of nitrogens with zero attached hydrogens (tertiary/aromatic N) is 2. The largest absolute Gasteiger partial charge is 0.441 e. The van der Waals surface area contributed by atoms with E-state index in [1.807, 2.05) is 0 Å². The van der Waals surface area contributed by atoms with Gasteiger partial charge in [-0.2, -0.15) is 13.2 Å². The first-order valence-electron chi connectivity index (χ1n) is 7.40. The molecule has 136 valence electrons. The van der Waals surface area contributed by atoms with Gasteiger partial charge in [0.2, 0.25) is 0 Å². The van der Waals surface area contributed by atoms with Gasteiger partial charge in [-0.05, 0) is 29.8 Å². The fourth-order valence-electron chi connectivity index (χ4n) is 2.42. The van der Waals surface area contributed by atoms with E-state index in [9.17, 15) is 22.4 Å². The fourth-order valence-corrected chi connectivity index (χ4v) is 2.65. The van der Waals surface area contributed by atoms with Crippen LogP contribution in [0.3, 0.4) is 0 Å². The van der Waals surface area contributed by atoms with Crippen LogP contribution in [0.5, 0.6) is 0 Å². The molecule has 0 radical (unpaired) electrons. The van der Waals surface area contributed by atoms with Crippen LogP contribution in [0.25, 0.3) is 0 Å². The molecule has 0 unspecified atom stereocenters. The van der Waals surface area contributed by atoms with Crippen LogP contribution in [0, 0.1) is 5.82 Å². The Hall–Kier alpha value is -2.61. The van der Waals surface area contributed by atoms with E-state index < -0.39 is 23.3 Å². The van der Waals surface area contributed by atoms with Crippen LogP contribution in [0.4, 0.5) is 17.6 Å². The molecule has 0 N–H and O–H groups in total. The van der Waals surface area contributed by atoms with Crippen molar-refractivity contribution >= 4 is 11.6 Å². The maximum Gasteiger partial charge on any atom is 0.441 e. The SMILES string of the molecule is O=c1onc(Cc2c(F)cccc2Cl)n1Cc1ccc(C(F)(F)F)cc1. The van der Waals surface area contributed by atoms with E-state index in [2.05, 4.69) is 9.68 Å². The van der Waals surface area contributed by atoms with Gasteiger partial charge in [0, 0.05) is 17.0 Å². The standard InChI is InChI=1S/C17H11ClF4N2O2/c18-13-2-1-3-14(19)12(13)8-15-23-26-16(25)24(15)9-10-4-6-11(7-5-10)17(20,21)22/h1-7H,8-9H2. The quantitative estimate of drug-likeness (QED) is 0.629. The molecule has 0 atom stereocenters. The Kier molecular flexibility index (Phi) is 4.86. The smallest absolute Gasteiger partial charge is 0.296 e. The van der Waals surface area contributed by atoms with Crippen molar-refractivity contribution in [3.8, 4) is 0 Å². The summed E-state index contributed by atoms with van der Waals surface area (Å²) < 4.78 is 57.5. The lowest BCUT2D eigenvalue weighted by atomic mass is 10.1. The van der Waals surface area contributed by atoms with Gasteiger partial charge in [-0.25, -0.2) is 9.18 Å². The first kappa shape index (κ1) is 18.2. The second-order valence-corrected chi connectivity index (χ2v) is 5.93. The summed E-state index contributed by atoms with van der Waals surface area (Å²) in [4.78, 5) is 11.9. The van der Waals surface area contributed by atoms with Crippen molar-refractivity contribution in [1.29, 1.82) is 0 Å². The molecule has 0 aliphatic heterocycles. The summed E-state index contributed by atoms with van der Waals surface area (Å²) in [6.45, 7) is -0.0676. The van der Waals surface area contributed by atoms with Crippen molar-refractivity contribution < 1.29 is 22.1 Å². The molecule has 3 aromatic rings. The third-order valence-electron chi connectivity index (χ3n) is 3.78. The molecule has 0 bridgehead atoms. The summed E-state index contributed by atoms with van der Waals surface area (Å²) in [7, 11) is 0. The van der Waals surface area contributed by atoms with Crippen molar-refractivity contribution in [1.82, 2.24) is 9.72 Å². The molecule has 9 heteroatoms. The second kappa shape index (κ2) is 6.95. The summed E-state index contributed by atoms with van der Waals surface area (Å²) in [5.74, 6) is -1.25. The third kappa shape index (κ3) is 3.80. The molecule has 0 aliphatic carbocycles. The predicted octanol–water partition coefficient (Wildman–Crippen LogP) is 4.29. The van der Waals surface area contributed by atoms with Crippen LogP contribution >= 0.6 is 11.6 Å². The highest BCUT2D eigenvalue weighted by Crippen LogP contribution is 2.29. The summed E-state index contributed by atoms with van der Waals surface area (Å²) in [5, 5.41) is 3.78. The van der Waals surface area contributed by atoms with E-state index in [1.165, 1.54) is 30.3 Å². The topological polar surface area (TPSA) is 48.0 Å². The molecule has 3 rings (SSSR count). The molecule has 0 amide bonds. The normalized spacial score (nSPS) is 11.7. The molecular weight excluding hydrogens is 376 g/mol. The second-order valence-electron chi connectivity index (χ2n) is 5.52. The summed E-state index contributed by atoms with van der Waals surface area (Å²) in [5.41, 5.74) is -0.218. The zero-order chi connectivity index (χ0) is 18.9. The minimum atomic E-state index is -4.45. The van der Waals surface area contributed by atoms with Gasteiger partial charge in [0.05, 0.1) is 12.1 Å². The molecule has 0 spiro atoms. The highest BCUT2D eigenvalue weighted by Gasteiger charge is 2.30. The Labute approximate surface area is 149 Å². The van der Waals surface area contributed by atoms with Gasteiger partial charge in [-0.3, -0.25) is 9.09 Å². The van der Waals surface area contributed by atoms with Crippen LogP contribution in [0.15, 0.2) is 51.8 Å². The van der Waals surface area contributed by atoms with Gasteiger partial charge in [0.25, 0.3) is 0 Å². The fraction of sp³-hybridized carbons (Fsp3) is 0.176. The first-order chi connectivity index (χ1) is 12.3. The first-order valence-corrected chi connectivity index (χ1v) is 7.78. The number of aromatic nitrogens is 2. The van der Waals surface area contributed by atoms with Gasteiger partial charge >= 0.3 is 11.9 Å². The molecule has 0 fully saturated rings. The van der Waals surface area contributed by atoms with Crippen LogP contribution in [-0.4, -0.2) is 9.72 Å². The van der Waals surface area contributed by atoms with Gasteiger partial charge in [-0.1, -0.05) is 35.0 Å². The van der Waals surface area contributed by atoms with Crippen LogP contribution in [0.2, 0.25) is 5.02 Å². The van der Waals surface area contributed by atoms with E-state index in [1.54, 1.807) is 0 Å². The molecule has 1 heterocycles. The van der Waals surface area contributed by atoms with E-state index in [0.717, 1.165) is 16.7 Å². The van der Waals surface area contributed by atoms with Gasteiger partial charge in [0.15, 0.2) is 5.82 Å². The third-order valence-corrected chi connectivity index (χ3v) is 4.13. The highest BCUT2D eigenvalue weighted by molar-refractivity contribution is 6.31. The summed E-state index contributed by atoms with van der Waals surface area (Å²) in [6.07, 6.45) is -4.54. The van der Waals surface area contributed by atoms with Gasteiger partial charge < -0.3 is 0 Å². The van der Waals surface area contributed by atoms with Crippen LogP contribution in [0.1, 0.15) is 22.5 Å². The molecule has 0 aliphatic rings. The number of halogens is 5. The van der Waals surface area contributed by atoms with Crippen molar-refractivity contribution in [3.05, 3.63) is 86.4 Å². The van der Waals surface area contributed by atoms with Crippen molar-refractivity contribution in [2.45, 2.75) is 19.1 Å². The number of benzene rings is 2. The average Bonchev–Trinajstić information content (AvgIpc) is 2.91. The van der Waals surface area contributed by atoms with Gasteiger partial charge in [0.1, 0.15) is 5.82 Å². The van der Waals surface area contributed by atoms with E-state index in [-0.39, 0.29) is 29.4 Å². The minimum Gasteiger partial charge on any atom is -0.296 e. The Bertz CT molecular complexity index is 957. The number of hydrogen-bond acceptors (Lipinski definition) is 3. The lowest BCUT2D eigenvalue weighted by Gasteiger charge is -2.09. The summed E-state index contributed by atoms with van der Waals surface area (Å²) in [6, 6.07) is 8.50. The van der Waals surface area contributed by atoms with Crippen molar-refractivity contribution in [2.24, 2.45) is 0 Å². The lowest BCUT2D eigenvalue weighted by Crippen LogP contribution is -2.18. The molecule has 0 saturated carbocycles. The van der Waals surface area contributed by atoms with E-state index in [4.69, 9.17) is 11.6 Å². The predicted molar refractivity (Wildman–Crippen MR) is 85.5 cm³/mol. The Morgan fingerprint density at radius 3 is 2.42 bits per heavy atom. The molecular formula is C17H11ClF4N2O2. The van der Waals surface area contributed by atoms with Crippen molar-refractivity contribution in [3.63, 3.8) is 0 Å². The zero-order valence-corrected chi connectivity index (χ0v) is 13.8. The minimum absolute atomic E-state index is 0.0676. The summed E-state index contributed by atoms with van der Waals surface area (Å²) >= 11 is 5.97. The van der Waals surface area contributed by atoms with Crippen LogP contribution in [-0.2, 0) is 19.1 Å². The lowest BCUT2D eigenvalue weighted by molar-refractivity contribution is -0.137. The highest BCUT2D eigenvalue weighted by atomic mass is 35.5. The van der Waals surface area contributed by atoms with Crippen LogP contribution < -0.4 is 5.76 Å². The molecule has 1 aromatic heterocycles. The maximum absolute atomic E-state index is 13.9. The Morgan fingerprint density at radius 2 is 1.81 bits per heavy atom. The maximum atomic E-state index is 13.9. The molecule has 26 heavy (non-hydrogen) atoms. The van der Waals surface area contributed by atoms with Crippen molar-refractivity contribution in [2.75, 3.05) is 0 Å². The molecule has 2 aromatic carbocycles. The number of alkyl halides is 3. The average molecular weight is 387 g/mol. The van der Waals surface area contributed by atoms with Gasteiger partial charge in [-0.15, -0.1) is 0 Å². The zero-order valence-electron chi connectivity index (χ0n) is 13.1. The Morgan fingerprint density at radius 1 is 1.12 bits per heavy atom. The Balaban J connectivity index is 1.88.